The van der Waals surface area contributed by atoms with Crippen LogP contribution in [0.4, 0.5) is 0 Å². The molecule has 0 aliphatic carbocycles. The predicted molar refractivity (Wildman–Crippen MR) is 89.8 cm³/mol. The van der Waals surface area contributed by atoms with Crippen molar-refractivity contribution >= 4 is 5.71 Å². The van der Waals surface area contributed by atoms with E-state index in [1.54, 1.807) is 0 Å². The van der Waals surface area contributed by atoms with E-state index in [4.69, 9.17) is 5.41 Å². The van der Waals surface area contributed by atoms with Crippen molar-refractivity contribution in [3.63, 3.8) is 0 Å². The SMILES string of the molecule is CC(=N)c1ccc(-c2cccc(-c3ccccc3)c2)cc1. The Morgan fingerprint density at radius 3 is 1.71 bits per heavy atom. The summed E-state index contributed by atoms with van der Waals surface area (Å²) < 4.78 is 0. The van der Waals surface area contributed by atoms with Gasteiger partial charge in [-0.3, -0.25) is 0 Å². The van der Waals surface area contributed by atoms with Gasteiger partial charge in [-0.15, -0.1) is 0 Å². The quantitative estimate of drug-likeness (QED) is 0.616. The van der Waals surface area contributed by atoms with Gasteiger partial charge in [-0.1, -0.05) is 72.8 Å². The normalized spacial score (nSPS) is 10.3. The molecular formula is C20H17N. The van der Waals surface area contributed by atoms with Gasteiger partial charge in [0.05, 0.1) is 0 Å². The van der Waals surface area contributed by atoms with E-state index in [-0.39, 0.29) is 0 Å². The molecule has 3 aromatic rings. The molecule has 0 bridgehead atoms. The van der Waals surface area contributed by atoms with E-state index < -0.39 is 0 Å². The fourth-order valence-corrected chi connectivity index (χ4v) is 2.42. The molecule has 21 heavy (non-hydrogen) atoms. The molecule has 0 aliphatic heterocycles. The zero-order chi connectivity index (χ0) is 14.7. The maximum absolute atomic E-state index is 7.66. The zero-order valence-corrected chi connectivity index (χ0v) is 12.0. The second kappa shape index (κ2) is 5.76. The number of rotatable bonds is 3. The minimum atomic E-state index is 0.597. The molecule has 0 heterocycles. The topological polar surface area (TPSA) is 23.9 Å². The van der Waals surface area contributed by atoms with Gasteiger partial charge in [0.2, 0.25) is 0 Å². The van der Waals surface area contributed by atoms with Gasteiger partial charge in [-0.2, -0.15) is 0 Å². The largest absolute Gasteiger partial charge is 0.305 e. The summed E-state index contributed by atoms with van der Waals surface area (Å²) in [5.74, 6) is 0. The molecule has 0 amide bonds. The number of hydrogen-bond donors (Lipinski definition) is 1. The molecule has 0 saturated carbocycles. The second-order valence-corrected chi connectivity index (χ2v) is 5.15. The summed E-state index contributed by atoms with van der Waals surface area (Å²) in [4.78, 5) is 0. The Morgan fingerprint density at radius 1 is 0.619 bits per heavy atom. The Kier molecular flexibility index (Phi) is 3.65. The maximum atomic E-state index is 7.66. The van der Waals surface area contributed by atoms with E-state index in [1.807, 2.05) is 25.1 Å². The molecule has 102 valence electrons. The molecule has 0 aliphatic rings. The van der Waals surface area contributed by atoms with Crippen molar-refractivity contribution in [3.05, 3.63) is 84.4 Å². The van der Waals surface area contributed by atoms with E-state index in [1.165, 1.54) is 22.3 Å². The van der Waals surface area contributed by atoms with Gasteiger partial charge < -0.3 is 5.41 Å². The van der Waals surface area contributed by atoms with E-state index in [9.17, 15) is 0 Å². The van der Waals surface area contributed by atoms with Gasteiger partial charge in [0, 0.05) is 5.71 Å². The van der Waals surface area contributed by atoms with E-state index in [2.05, 4.69) is 60.7 Å². The lowest BCUT2D eigenvalue weighted by Crippen LogP contribution is -1.91. The van der Waals surface area contributed by atoms with Crippen molar-refractivity contribution in [2.45, 2.75) is 6.92 Å². The predicted octanol–water partition coefficient (Wildman–Crippen LogP) is 5.41. The Bertz CT molecular complexity index is 755. The lowest BCUT2D eigenvalue weighted by molar-refractivity contribution is 1.45. The fourth-order valence-electron chi connectivity index (χ4n) is 2.42. The third-order valence-electron chi connectivity index (χ3n) is 3.62. The molecule has 0 atom stereocenters. The highest BCUT2D eigenvalue weighted by Crippen LogP contribution is 2.26. The van der Waals surface area contributed by atoms with Crippen LogP contribution < -0.4 is 0 Å². The van der Waals surface area contributed by atoms with Crippen LogP contribution in [0.5, 0.6) is 0 Å². The summed E-state index contributed by atoms with van der Waals surface area (Å²) in [6.45, 7) is 1.81. The first-order valence-corrected chi connectivity index (χ1v) is 7.05. The third-order valence-corrected chi connectivity index (χ3v) is 3.62. The first kappa shape index (κ1) is 13.3. The molecular weight excluding hydrogens is 254 g/mol. The summed E-state index contributed by atoms with van der Waals surface area (Å²) in [7, 11) is 0. The summed E-state index contributed by atoms with van der Waals surface area (Å²) in [6, 6.07) is 27.1. The molecule has 1 heteroatoms. The zero-order valence-electron chi connectivity index (χ0n) is 12.0. The van der Waals surface area contributed by atoms with Crippen molar-refractivity contribution in [2.75, 3.05) is 0 Å². The second-order valence-electron chi connectivity index (χ2n) is 5.15. The molecule has 0 fully saturated rings. The number of benzene rings is 3. The van der Waals surface area contributed by atoms with E-state index in [0.29, 0.717) is 5.71 Å². The van der Waals surface area contributed by atoms with Crippen LogP contribution in [0.25, 0.3) is 22.3 Å². The highest BCUT2D eigenvalue weighted by molar-refractivity contribution is 5.96. The fraction of sp³-hybridized carbons (Fsp3) is 0.0500. The standard InChI is InChI=1S/C20H17N/c1-15(21)16-10-12-18(13-11-16)20-9-5-8-19(14-20)17-6-3-2-4-7-17/h2-14,21H,1H3. The van der Waals surface area contributed by atoms with Crippen LogP contribution in [0.2, 0.25) is 0 Å². The molecule has 0 spiro atoms. The Morgan fingerprint density at radius 2 is 1.14 bits per heavy atom. The van der Waals surface area contributed by atoms with Crippen LogP contribution in [0.3, 0.4) is 0 Å². The molecule has 0 unspecified atom stereocenters. The van der Waals surface area contributed by atoms with Gasteiger partial charge >= 0.3 is 0 Å². The number of hydrogen-bond acceptors (Lipinski definition) is 1. The van der Waals surface area contributed by atoms with Crippen LogP contribution in [0, 0.1) is 5.41 Å². The summed E-state index contributed by atoms with van der Waals surface area (Å²) >= 11 is 0. The van der Waals surface area contributed by atoms with Gasteiger partial charge in [0.1, 0.15) is 0 Å². The van der Waals surface area contributed by atoms with Crippen molar-refractivity contribution in [1.82, 2.24) is 0 Å². The average Bonchev–Trinajstić information content (AvgIpc) is 2.56. The average molecular weight is 271 g/mol. The van der Waals surface area contributed by atoms with Gasteiger partial charge in [0.15, 0.2) is 0 Å². The molecule has 0 saturated heterocycles. The minimum absolute atomic E-state index is 0.597. The van der Waals surface area contributed by atoms with Gasteiger partial charge in [0.25, 0.3) is 0 Å². The maximum Gasteiger partial charge on any atom is 0.0355 e. The third kappa shape index (κ3) is 2.92. The van der Waals surface area contributed by atoms with Crippen LogP contribution in [-0.2, 0) is 0 Å². The van der Waals surface area contributed by atoms with Crippen molar-refractivity contribution in [3.8, 4) is 22.3 Å². The number of nitrogens with one attached hydrogen (secondary N) is 1. The molecule has 3 rings (SSSR count). The van der Waals surface area contributed by atoms with Crippen molar-refractivity contribution < 1.29 is 0 Å². The van der Waals surface area contributed by atoms with Crippen LogP contribution >= 0.6 is 0 Å². The smallest absolute Gasteiger partial charge is 0.0355 e. The van der Waals surface area contributed by atoms with Gasteiger partial charge in [-0.25, -0.2) is 0 Å². The lowest BCUT2D eigenvalue weighted by atomic mass is 9.98. The highest BCUT2D eigenvalue weighted by atomic mass is 14.4. The summed E-state index contributed by atoms with van der Waals surface area (Å²) in [5.41, 5.74) is 6.40. The van der Waals surface area contributed by atoms with Crippen molar-refractivity contribution in [1.29, 1.82) is 5.41 Å². The molecule has 1 N–H and O–H groups in total. The lowest BCUT2D eigenvalue weighted by Gasteiger charge is -2.07. The molecule has 3 aromatic carbocycles. The van der Waals surface area contributed by atoms with Crippen LogP contribution in [0.15, 0.2) is 78.9 Å². The van der Waals surface area contributed by atoms with Crippen LogP contribution in [-0.4, -0.2) is 5.71 Å². The minimum Gasteiger partial charge on any atom is -0.305 e. The first-order valence-electron chi connectivity index (χ1n) is 7.05. The molecule has 0 radical (unpaired) electrons. The Balaban J connectivity index is 1.98. The van der Waals surface area contributed by atoms with Crippen molar-refractivity contribution in [2.24, 2.45) is 0 Å². The monoisotopic (exact) mass is 271 g/mol. The first-order chi connectivity index (χ1) is 10.2. The van der Waals surface area contributed by atoms with Crippen LogP contribution in [0.1, 0.15) is 12.5 Å². The Hall–Kier alpha value is -2.67. The summed E-state index contributed by atoms with van der Waals surface area (Å²) in [6.07, 6.45) is 0. The molecule has 1 nitrogen and oxygen atoms in total. The summed E-state index contributed by atoms with van der Waals surface area (Å²) in [5, 5.41) is 7.66. The highest BCUT2D eigenvalue weighted by Gasteiger charge is 2.02. The Labute approximate surface area is 125 Å². The molecule has 0 aromatic heterocycles. The van der Waals surface area contributed by atoms with E-state index >= 15 is 0 Å². The van der Waals surface area contributed by atoms with Gasteiger partial charge in [-0.05, 0) is 40.8 Å². The van der Waals surface area contributed by atoms with E-state index in [0.717, 1.165) is 5.56 Å².